The molecule has 0 spiro atoms. The standard InChI is InChI=1S/C12H28P.BF4/c1-9(2)13(10(3)4,11(5)6)12(7)8;2-1(3,4)5/h9-12H,1-8H3;/q+1;-1. The van der Waals surface area contributed by atoms with E-state index in [1.165, 1.54) is 0 Å². The molecule has 0 aliphatic rings. The van der Waals surface area contributed by atoms with E-state index < -0.39 is 14.5 Å². The van der Waals surface area contributed by atoms with Gasteiger partial charge in [-0.05, 0) is 55.4 Å². The van der Waals surface area contributed by atoms with Gasteiger partial charge in [0, 0.05) is 7.26 Å². The van der Waals surface area contributed by atoms with Gasteiger partial charge in [0.1, 0.15) is 0 Å². The summed E-state index contributed by atoms with van der Waals surface area (Å²) in [5.74, 6) is 0. The van der Waals surface area contributed by atoms with Crippen LogP contribution in [0, 0.1) is 0 Å². The summed E-state index contributed by atoms with van der Waals surface area (Å²) in [6, 6.07) is 0. The lowest BCUT2D eigenvalue weighted by Gasteiger charge is -2.41. The molecule has 0 aliphatic carbocycles. The summed E-state index contributed by atoms with van der Waals surface area (Å²) in [5, 5.41) is 0. The van der Waals surface area contributed by atoms with E-state index >= 15 is 0 Å². The van der Waals surface area contributed by atoms with Crippen molar-refractivity contribution in [2.75, 3.05) is 0 Å². The van der Waals surface area contributed by atoms with Crippen LogP contribution in [0.25, 0.3) is 0 Å². The molecular weight excluding hydrogens is 262 g/mol. The molecule has 0 N–H and O–H groups in total. The smallest absolute Gasteiger partial charge is 0.418 e. The van der Waals surface area contributed by atoms with Crippen LogP contribution in [0.5, 0.6) is 0 Å². The van der Waals surface area contributed by atoms with E-state index in [1.54, 1.807) is 0 Å². The van der Waals surface area contributed by atoms with Crippen molar-refractivity contribution in [3.8, 4) is 0 Å². The van der Waals surface area contributed by atoms with Crippen LogP contribution in [0.15, 0.2) is 0 Å². The zero-order valence-corrected chi connectivity index (χ0v) is 13.7. The molecule has 0 fully saturated rings. The molecule has 0 nitrogen and oxygen atoms in total. The lowest BCUT2D eigenvalue weighted by atomic mass is 10.3. The molecule has 0 bridgehead atoms. The van der Waals surface area contributed by atoms with Gasteiger partial charge in [0.2, 0.25) is 0 Å². The van der Waals surface area contributed by atoms with E-state index in [1.807, 2.05) is 0 Å². The Morgan fingerprint density at radius 1 is 0.556 bits per heavy atom. The molecule has 0 heterocycles. The fraction of sp³-hybridized carbons (Fsp3) is 1.00. The van der Waals surface area contributed by atoms with Crippen molar-refractivity contribution in [1.29, 1.82) is 0 Å². The minimum atomic E-state index is -6.00. The summed E-state index contributed by atoms with van der Waals surface area (Å²) in [5.41, 5.74) is 3.53. The Morgan fingerprint density at radius 3 is 0.667 bits per heavy atom. The van der Waals surface area contributed by atoms with Crippen LogP contribution in [0.2, 0.25) is 0 Å². The van der Waals surface area contributed by atoms with E-state index in [0.717, 1.165) is 22.6 Å². The van der Waals surface area contributed by atoms with Crippen LogP contribution in [-0.2, 0) is 0 Å². The summed E-state index contributed by atoms with van der Waals surface area (Å²) >= 11 is 0. The van der Waals surface area contributed by atoms with Crippen molar-refractivity contribution in [2.24, 2.45) is 0 Å². The van der Waals surface area contributed by atoms with Crippen molar-refractivity contribution in [3.63, 3.8) is 0 Å². The molecular formula is C12H28BF4P. The maximum Gasteiger partial charge on any atom is 0.673 e. The molecule has 112 valence electrons. The number of halogens is 4. The Bertz CT molecular complexity index is 181. The maximum absolute atomic E-state index is 9.75. The summed E-state index contributed by atoms with van der Waals surface area (Å²) < 4.78 is 39.0. The molecule has 6 heteroatoms. The quantitative estimate of drug-likeness (QED) is 0.341. The van der Waals surface area contributed by atoms with Gasteiger partial charge in [-0.25, -0.2) is 0 Å². The number of rotatable bonds is 4. The second-order valence-corrected chi connectivity index (χ2v) is 11.7. The van der Waals surface area contributed by atoms with Gasteiger partial charge in [0.15, 0.2) is 0 Å². The summed E-state index contributed by atoms with van der Waals surface area (Å²) in [7, 11) is -6.78. The van der Waals surface area contributed by atoms with Crippen LogP contribution in [0.1, 0.15) is 55.4 Å². The highest BCUT2D eigenvalue weighted by Crippen LogP contribution is 2.73. The Kier molecular flexibility index (Phi) is 8.80. The van der Waals surface area contributed by atoms with Gasteiger partial charge in [-0.1, -0.05) is 0 Å². The van der Waals surface area contributed by atoms with Crippen LogP contribution in [0.3, 0.4) is 0 Å². The third kappa shape index (κ3) is 6.40. The highest BCUT2D eigenvalue weighted by Gasteiger charge is 2.49. The highest BCUT2D eigenvalue weighted by atomic mass is 31.2. The molecule has 0 aromatic heterocycles. The Morgan fingerprint density at radius 2 is 0.667 bits per heavy atom. The average Bonchev–Trinajstić information content (AvgIpc) is 1.96. The van der Waals surface area contributed by atoms with Crippen molar-refractivity contribution in [1.82, 2.24) is 0 Å². The van der Waals surface area contributed by atoms with Crippen LogP contribution in [0.4, 0.5) is 17.3 Å². The third-order valence-electron chi connectivity index (χ3n) is 3.58. The van der Waals surface area contributed by atoms with Gasteiger partial charge in [0.25, 0.3) is 0 Å². The van der Waals surface area contributed by atoms with Gasteiger partial charge in [-0.3, -0.25) is 0 Å². The first-order chi connectivity index (χ1) is 7.77. The highest BCUT2D eigenvalue weighted by molar-refractivity contribution is 7.78. The first-order valence-electron chi connectivity index (χ1n) is 6.52. The number of hydrogen-bond acceptors (Lipinski definition) is 0. The molecule has 0 aromatic rings. The molecule has 18 heavy (non-hydrogen) atoms. The minimum Gasteiger partial charge on any atom is -0.418 e. The molecule has 0 amide bonds. The van der Waals surface area contributed by atoms with Crippen molar-refractivity contribution >= 4 is 14.5 Å². The molecule has 0 aromatic carbocycles. The third-order valence-corrected chi connectivity index (χ3v) is 10.7. The number of hydrogen-bond donors (Lipinski definition) is 0. The van der Waals surface area contributed by atoms with Gasteiger partial charge in [-0.15, -0.1) is 0 Å². The normalized spacial score (nSPS) is 13.3. The molecule has 0 aliphatic heterocycles. The second kappa shape index (κ2) is 7.72. The summed E-state index contributed by atoms with van der Waals surface area (Å²) in [4.78, 5) is 0. The fourth-order valence-electron chi connectivity index (χ4n) is 3.58. The second-order valence-electron chi connectivity index (χ2n) is 5.76. The van der Waals surface area contributed by atoms with E-state index in [2.05, 4.69) is 55.4 Å². The predicted octanol–water partition coefficient (Wildman–Crippen LogP) is 5.94. The van der Waals surface area contributed by atoms with Crippen molar-refractivity contribution in [3.05, 3.63) is 0 Å². The monoisotopic (exact) mass is 290 g/mol. The van der Waals surface area contributed by atoms with E-state index in [0.29, 0.717) is 0 Å². The SMILES string of the molecule is CC(C)[P+](C(C)C)(C(C)C)C(C)C.F[B-](F)(F)F. The topological polar surface area (TPSA) is 0 Å². The molecule has 0 radical (unpaired) electrons. The van der Waals surface area contributed by atoms with Crippen molar-refractivity contribution in [2.45, 2.75) is 78.0 Å². The zero-order chi connectivity index (χ0) is 15.3. The summed E-state index contributed by atoms with van der Waals surface area (Å²) in [6.07, 6.45) is 0. The predicted molar refractivity (Wildman–Crippen MR) is 77.7 cm³/mol. The van der Waals surface area contributed by atoms with E-state index in [9.17, 15) is 17.3 Å². The lowest BCUT2D eigenvalue weighted by molar-refractivity contribution is 0.368. The van der Waals surface area contributed by atoms with Gasteiger partial charge >= 0.3 is 7.25 Å². The Hall–Kier alpha value is 0.215. The molecule has 0 rings (SSSR count). The Balaban J connectivity index is 0. The largest absolute Gasteiger partial charge is 0.673 e. The minimum absolute atomic E-state index is 0.784. The van der Waals surface area contributed by atoms with E-state index in [-0.39, 0.29) is 0 Å². The molecule has 0 unspecified atom stereocenters. The van der Waals surface area contributed by atoms with Gasteiger partial charge < -0.3 is 17.3 Å². The van der Waals surface area contributed by atoms with Crippen molar-refractivity contribution < 1.29 is 17.3 Å². The molecule has 0 saturated carbocycles. The summed E-state index contributed by atoms with van der Waals surface area (Å²) in [6.45, 7) is 19.4. The lowest BCUT2D eigenvalue weighted by Crippen LogP contribution is -2.29. The fourth-order valence-corrected chi connectivity index (χ4v) is 10.7. The average molecular weight is 290 g/mol. The zero-order valence-electron chi connectivity index (χ0n) is 12.8. The van der Waals surface area contributed by atoms with Gasteiger partial charge in [0.05, 0.1) is 22.6 Å². The van der Waals surface area contributed by atoms with Gasteiger partial charge in [-0.2, -0.15) is 0 Å². The maximum atomic E-state index is 9.75. The van der Waals surface area contributed by atoms with Crippen LogP contribution in [-0.4, -0.2) is 29.9 Å². The van der Waals surface area contributed by atoms with E-state index in [4.69, 9.17) is 0 Å². The first-order valence-corrected chi connectivity index (χ1v) is 8.59. The Labute approximate surface area is 110 Å². The first kappa shape index (κ1) is 20.5. The molecule has 0 saturated heterocycles. The van der Waals surface area contributed by atoms with Crippen LogP contribution < -0.4 is 0 Å². The molecule has 0 atom stereocenters. The van der Waals surface area contributed by atoms with Crippen LogP contribution >= 0.6 is 7.26 Å².